The molecule has 0 saturated heterocycles. The predicted octanol–water partition coefficient (Wildman–Crippen LogP) is 2.08. The van der Waals surface area contributed by atoms with Crippen molar-refractivity contribution >= 4 is 28.1 Å². The van der Waals surface area contributed by atoms with Gasteiger partial charge in [0.25, 0.3) is 5.56 Å². The molecule has 0 aliphatic rings. The number of fused-ring (bicyclic) bond motifs is 1. The predicted molar refractivity (Wildman–Crippen MR) is 87.4 cm³/mol. The van der Waals surface area contributed by atoms with Crippen LogP contribution in [0.1, 0.15) is 11.1 Å². The highest BCUT2D eigenvalue weighted by atomic mass is 32.1. The van der Waals surface area contributed by atoms with Crippen LogP contribution in [0.25, 0.3) is 10.9 Å². The molecule has 0 spiro atoms. The Morgan fingerprint density at radius 2 is 1.86 bits per heavy atom. The normalized spacial score (nSPS) is 10.7. The first-order chi connectivity index (χ1) is 10.2. The summed E-state index contributed by atoms with van der Waals surface area (Å²) in [5, 5.41) is 0.604. The van der Waals surface area contributed by atoms with Crippen molar-refractivity contribution in [2.45, 2.75) is 6.54 Å². The first-order valence-corrected chi connectivity index (χ1v) is 6.89. The van der Waals surface area contributed by atoms with Gasteiger partial charge in [-0.2, -0.15) is 0 Å². The van der Waals surface area contributed by atoms with E-state index in [0.717, 1.165) is 11.1 Å². The Hall–Kier alpha value is -2.53. The summed E-state index contributed by atoms with van der Waals surface area (Å²) in [6.45, 7) is 0.393. The summed E-state index contributed by atoms with van der Waals surface area (Å²) in [5.41, 5.74) is 8.04. The van der Waals surface area contributed by atoms with Gasteiger partial charge in [0.2, 0.25) is 0 Å². The molecule has 0 fully saturated rings. The number of nitrogens with two attached hydrogens (primary N) is 1. The number of aromatic nitrogens is 2. The van der Waals surface area contributed by atoms with Gasteiger partial charge in [0.1, 0.15) is 4.99 Å². The third-order valence-corrected chi connectivity index (χ3v) is 3.57. The second-order valence-corrected chi connectivity index (χ2v) is 5.16. The van der Waals surface area contributed by atoms with Crippen molar-refractivity contribution in [1.29, 1.82) is 0 Å². The third-order valence-electron chi connectivity index (χ3n) is 3.36. The van der Waals surface area contributed by atoms with Gasteiger partial charge >= 0.3 is 0 Å². The molecular weight excluding hydrogens is 282 g/mol. The lowest BCUT2D eigenvalue weighted by Gasteiger charge is -2.10. The van der Waals surface area contributed by atoms with Crippen molar-refractivity contribution in [3.8, 4) is 0 Å². The zero-order valence-corrected chi connectivity index (χ0v) is 12.0. The fourth-order valence-electron chi connectivity index (χ4n) is 2.30. The molecule has 2 N–H and O–H groups in total. The van der Waals surface area contributed by atoms with Crippen LogP contribution in [0.2, 0.25) is 0 Å². The molecule has 0 bridgehead atoms. The molecule has 1 aromatic heterocycles. The van der Waals surface area contributed by atoms with E-state index in [2.05, 4.69) is 4.98 Å². The van der Waals surface area contributed by atoms with Crippen LogP contribution >= 0.6 is 12.2 Å². The van der Waals surface area contributed by atoms with Gasteiger partial charge in [0.15, 0.2) is 0 Å². The summed E-state index contributed by atoms with van der Waals surface area (Å²) >= 11 is 5.05. The summed E-state index contributed by atoms with van der Waals surface area (Å²) in [4.78, 5) is 17.1. The molecule has 0 saturated carbocycles. The minimum Gasteiger partial charge on any atom is -0.389 e. The smallest absolute Gasteiger partial charge is 0.261 e. The van der Waals surface area contributed by atoms with Crippen molar-refractivity contribution in [1.82, 2.24) is 9.55 Å². The zero-order valence-electron chi connectivity index (χ0n) is 11.2. The van der Waals surface area contributed by atoms with Gasteiger partial charge in [-0.15, -0.1) is 0 Å². The number of para-hydroxylation sites is 1. The van der Waals surface area contributed by atoms with Gasteiger partial charge in [0, 0.05) is 5.56 Å². The van der Waals surface area contributed by atoms with Crippen LogP contribution in [0, 0.1) is 0 Å². The van der Waals surface area contributed by atoms with Gasteiger partial charge in [-0.05, 0) is 17.7 Å². The molecule has 21 heavy (non-hydrogen) atoms. The molecule has 0 aliphatic heterocycles. The fraction of sp³-hybridized carbons (Fsp3) is 0.0625. The maximum atomic E-state index is 12.5. The number of benzene rings is 2. The number of rotatable bonds is 3. The first kappa shape index (κ1) is 13.5. The van der Waals surface area contributed by atoms with Crippen LogP contribution in [0.4, 0.5) is 0 Å². The van der Waals surface area contributed by atoms with E-state index in [0.29, 0.717) is 22.4 Å². The summed E-state index contributed by atoms with van der Waals surface area (Å²) < 4.78 is 1.57. The maximum Gasteiger partial charge on any atom is 0.261 e. The van der Waals surface area contributed by atoms with Crippen LogP contribution in [0.15, 0.2) is 59.7 Å². The molecule has 0 atom stereocenters. The Morgan fingerprint density at radius 1 is 1.14 bits per heavy atom. The molecule has 5 heteroatoms. The standard InChI is InChI=1S/C16H13N3OS/c17-15(21)12-6-2-1-5-11(12)9-19-10-18-14-8-4-3-7-13(14)16(19)20/h1-8,10H,9H2,(H2,17,21). The van der Waals surface area contributed by atoms with E-state index in [9.17, 15) is 4.79 Å². The average Bonchev–Trinajstić information content (AvgIpc) is 2.51. The van der Waals surface area contributed by atoms with Crippen molar-refractivity contribution in [3.63, 3.8) is 0 Å². The minimum absolute atomic E-state index is 0.0710. The van der Waals surface area contributed by atoms with E-state index in [1.54, 1.807) is 17.0 Å². The van der Waals surface area contributed by atoms with Gasteiger partial charge in [-0.1, -0.05) is 48.6 Å². The van der Waals surface area contributed by atoms with Crippen molar-refractivity contribution in [2.75, 3.05) is 0 Å². The Kier molecular flexibility index (Phi) is 3.50. The van der Waals surface area contributed by atoms with Crippen LogP contribution in [-0.4, -0.2) is 14.5 Å². The second kappa shape index (κ2) is 5.46. The molecule has 0 aliphatic carbocycles. The van der Waals surface area contributed by atoms with Crippen molar-refractivity contribution in [3.05, 3.63) is 76.3 Å². The highest BCUT2D eigenvalue weighted by Crippen LogP contribution is 2.11. The Labute approximate surface area is 126 Å². The zero-order chi connectivity index (χ0) is 14.8. The average molecular weight is 295 g/mol. The Bertz CT molecular complexity index is 886. The highest BCUT2D eigenvalue weighted by Gasteiger charge is 2.08. The molecule has 0 radical (unpaired) electrons. The third kappa shape index (κ3) is 2.55. The number of thiocarbonyl (C=S) groups is 1. The molecule has 3 aromatic rings. The molecular formula is C16H13N3OS. The molecule has 0 unspecified atom stereocenters. The molecule has 0 amide bonds. The Morgan fingerprint density at radius 3 is 2.67 bits per heavy atom. The van der Waals surface area contributed by atoms with Crippen molar-refractivity contribution < 1.29 is 0 Å². The first-order valence-electron chi connectivity index (χ1n) is 6.49. The summed E-state index contributed by atoms with van der Waals surface area (Å²) in [6, 6.07) is 14.8. The summed E-state index contributed by atoms with van der Waals surface area (Å²) in [7, 11) is 0. The highest BCUT2D eigenvalue weighted by molar-refractivity contribution is 7.80. The molecule has 104 valence electrons. The van der Waals surface area contributed by atoms with Gasteiger partial charge < -0.3 is 5.73 Å². The fourth-order valence-corrected chi connectivity index (χ4v) is 2.50. The number of hydrogen-bond acceptors (Lipinski definition) is 3. The SMILES string of the molecule is NC(=S)c1ccccc1Cn1cnc2ccccc2c1=O. The van der Waals surface area contributed by atoms with E-state index in [1.165, 1.54) is 0 Å². The quantitative estimate of drug-likeness (QED) is 0.752. The lowest BCUT2D eigenvalue weighted by atomic mass is 10.1. The van der Waals surface area contributed by atoms with E-state index in [4.69, 9.17) is 18.0 Å². The van der Waals surface area contributed by atoms with Gasteiger partial charge in [-0.25, -0.2) is 4.98 Å². The van der Waals surface area contributed by atoms with E-state index in [-0.39, 0.29) is 5.56 Å². The monoisotopic (exact) mass is 295 g/mol. The number of hydrogen-bond donors (Lipinski definition) is 1. The second-order valence-electron chi connectivity index (χ2n) is 4.72. The molecule has 2 aromatic carbocycles. The Balaban J connectivity index is 2.09. The molecule has 3 rings (SSSR count). The van der Waals surface area contributed by atoms with E-state index < -0.39 is 0 Å². The van der Waals surface area contributed by atoms with Crippen LogP contribution in [0.3, 0.4) is 0 Å². The van der Waals surface area contributed by atoms with Crippen LogP contribution in [-0.2, 0) is 6.54 Å². The number of nitrogens with zero attached hydrogens (tertiary/aromatic N) is 2. The van der Waals surface area contributed by atoms with Crippen LogP contribution < -0.4 is 11.3 Å². The van der Waals surface area contributed by atoms with Gasteiger partial charge in [0.05, 0.1) is 23.8 Å². The molecule has 4 nitrogen and oxygen atoms in total. The van der Waals surface area contributed by atoms with E-state index in [1.807, 2.05) is 42.5 Å². The topological polar surface area (TPSA) is 60.9 Å². The minimum atomic E-state index is -0.0710. The maximum absolute atomic E-state index is 12.5. The summed E-state index contributed by atoms with van der Waals surface area (Å²) in [5.74, 6) is 0. The van der Waals surface area contributed by atoms with Gasteiger partial charge in [-0.3, -0.25) is 9.36 Å². The molecule has 1 heterocycles. The van der Waals surface area contributed by atoms with E-state index >= 15 is 0 Å². The lowest BCUT2D eigenvalue weighted by Crippen LogP contribution is -2.23. The largest absolute Gasteiger partial charge is 0.389 e. The summed E-state index contributed by atoms with van der Waals surface area (Å²) in [6.07, 6.45) is 1.56. The lowest BCUT2D eigenvalue weighted by molar-refractivity contribution is 0.747. The van der Waals surface area contributed by atoms with Crippen molar-refractivity contribution in [2.24, 2.45) is 5.73 Å². The van der Waals surface area contributed by atoms with Crippen LogP contribution in [0.5, 0.6) is 0 Å².